The first kappa shape index (κ1) is 30.7. The first-order chi connectivity index (χ1) is 18.5. The number of urea groups is 1. The molecule has 0 unspecified atom stereocenters. The Morgan fingerprint density at radius 1 is 1.03 bits per heavy atom. The maximum atomic E-state index is 13.0. The molecule has 13 nitrogen and oxygen atoms in total. The third-order valence-electron chi connectivity index (χ3n) is 5.83. The van der Waals surface area contributed by atoms with Gasteiger partial charge in [-0.05, 0) is 37.5 Å². The summed E-state index contributed by atoms with van der Waals surface area (Å²) in [5.74, 6) is -3.52. The number of hydrogen-bond donors (Lipinski definition) is 4. The number of ketones is 1. The molecule has 39 heavy (non-hydrogen) atoms. The minimum atomic E-state index is -0.916. The molecular formula is C26H33N5O8. The van der Waals surface area contributed by atoms with Gasteiger partial charge in [0, 0.05) is 56.6 Å². The SMILES string of the molecule is CC(=O)OCc1ccc(NC(=O)[C@H](CCCNC(N)=O)CC(=O)[C@H](C)NC(=O)CCN2C(=O)C=CC2=O)cc1. The summed E-state index contributed by atoms with van der Waals surface area (Å²) in [6.07, 6.45) is 2.52. The summed E-state index contributed by atoms with van der Waals surface area (Å²) in [6, 6.07) is 5.03. The molecule has 1 aromatic carbocycles. The van der Waals surface area contributed by atoms with E-state index < -0.39 is 53.4 Å². The van der Waals surface area contributed by atoms with E-state index in [4.69, 9.17) is 10.5 Å². The number of rotatable bonds is 15. The van der Waals surface area contributed by atoms with Crippen molar-refractivity contribution in [3.63, 3.8) is 0 Å². The molecule has 6 amide bonds. The van der Waals surface area contributed by atoms with E-state index >= 15 is 0 Å². The molecule has 0 aromatic heterocycles. The standard InChI is InChI=1S/C26H33N5O8/c1-16(29-22(34)11-13-31-23(35)9-10-24(31)36)21(33)14-19(4-3-12-28-26(27)38)25(37)30-20-7-5-18(6-8-20)15-39-17(2)32/h5-10,16,19H,3-4,11-15H2,1-2H3,(H,29,34)(H,30,37)(H3,27,28,38)/t16-,19+/m0/s1. The fourth-order valence-electron chi connectivity index (χ4n) is 3.68. The quantitative estimate of drug-likeness (QED) is 0.140. The predicted molar refractivity (Wildman–Crippen MR) is 139 cm³/mol. The maximum absolute atomic E-state index is 13.0. The number of ether oxygens (including phenoxy) is 1. The van der Waals surface area contributed by atoms with Gasteiger partial charge in [0.05, 0.1) is 6.04 Å². The van der Waals surface area contributed by atoms with Crippen LogP contribution < -0.4 is 21.7 Å². The van der Waals surface area contributed by atoms with E-state index in [9.17, 15) is 33.6 Å². The van der Waals surface area contributed by atoms with Crippen molar-refractivity contribution in [1.29, 1.82) is 0 Å². The van der Waals surface area contributed by atoms with Crippen LogP contribution in [0.1, 0.15) is 45.1 Å². The van der Waals surface area contributed by atoms with Gasteiger partial charge in [0.1, 0.15) is 6.61 Å². The summed E-state index contributed by atoms with van der Waals surface area (Å²) in [7, 11) is 0. The van der Waals surface area contributed by atoms with Gasteiger partial charge in [-0.25, -0.2) is 4.79 Å². The summed E-state index contributed by atoms with van der Waals surface area (Å²) in [4.78, 5) is 84.2. The summed E-state index contributed by atoms with van der Waals surface area (Å²) in [5.41, 5.74) is 6.27. The van der Waals surface area contributed by atoms with E-state index in [-0.39, 0.29) is 39.0 Å². The number of benzene rings is 1. The first-order valence-corrected chi connectivity index (χ1v) is 12.4. The van der Waals surface area contributed by atoms with Crippen LogP contribution in [0.25, 0.3) is 0 Å². The Hall–Kier alpha value is -4.55. The van der Waals surface area contributed by atoms with Crippen molar-refractivity contribution < 1.29 is 38.3 Å². The highest BCUT2D eigenvalue weighted by molar-refractivity contribution is 6.13. The van der Waals surface area contributed by atoms with E-state index in [0.29, 0.717) is 12.1 Å². The highest BCUT2D eigenvalue weighted by atomic mass is 16.5. The van der Waals surface area contributed by atoms with Crippen LogP contribution in [-0.4, -0.2) is 65.4 Å². The van der Waals surface area contributed by atoms with E-state index in [1.54, 1.807) is 24.3 Å². The maximum Gasteiger partial charge on any atom is 0.312 e. The average molecular weight is 544 g/mol. The summed E-state index contributed by atoms with van der Waals surface area (Å²) >= 11 is 0. The van der Waals surface area contributed by atoms with Crippen molar-refractivity contribution in [3.8, 4) is 0 Å². The number of nitrogens with zero attached hydrogens (tertiary/aromatic N) is 1. The lowest BCUT2D eigenvalue weighted by Crippen LogP contribution is -2.42. The number of nitrogens with one attached hydrogen (secondary N) is 3. The second kappa shape index (κ2) is 15.0. The minimum absolute atomic E-state index is 0.0959. The Morgan fingerprint density at radius 3 is 2.26 bits per heavy atom. The molecule has 1 aromatic rings. The lowest BCUT2D eigenvalue weighted by molar-refractivity contribution is -0.142. The van der Waals surface area contributed by atoms with Crippen molar-refractivity contribution in [2.45, 2.75) is 52.2 Å². The fraction of sp³-hybridized carbons (Fsp3) is 0.423. The van der Waals surface area contributed by atoms with Crippen LogP contribution in [0.2, 0.25) is 0 Å². The van der Waals surface area contributed by atoms with Crippen LogP contribution >= 0.6 is 0 Å². The number of primary amides is 1. The van der Waals surface area contributed by atoms with Crippen molar-refractivity contribution in [2.75, 3.05) is 18.4 Å². The zero-order valence-corrected chi connectivity index (χ0v) is 21.9. The van der Waals surface area contributed by atoms with Crippen molar-refractivity contribution in [1.82, 2.24) is 15.5 Å². The molecule has 13 heteroatoms. The number of hydrogen-bond acceptors (Lipinski definition) is 8. The third-order valence-corrected chi connectivity index (χ3v) is 5.83. The van der Waals surface area contributed by atoms with Crippen LogP contribution in [0.5, 0.6) is 0 Å². The van der Waals surface area contributed by atoms with Crippen molar-refractivity contribution >= 4 is 47.1 Å². The van der Waals surface area contributed by atoms with Crippen LogP contribution in [-0.2, 0) is 40.1 Å². The average Bonchev–Trinajstić information content (AvgIpc) is 3.20. The van der Waals surface area contributed by atoms with Crippen LogP contribution in [0, 0.1) is 5.92 Å². The van der Waals surface area contributed by atoms with Gasteiger partial charge >= 0.3 is 12.0 Å². The molecule has 5 N–H and O–H groups in total. The van der Waals surface area contributed by atoms with Gasteiger partial charge in [-0.1, -0.05) is 12.1 Å². The van der Waals surface area contributed by atoms with Gasteiger partial charge in [-0.2, -0.15) is 0 Å². The second-order valence-corrected chi connectivity index (χ2v) is 8.97. The molecule has 0 saturated carbocycles. The van der Waals surface area contributed by atoms with E-state index in [0.717, 1.165) is 22.6 Å². The number of carbonyl (C=O) groups is 7. The number of anilines is 1. The lowest BCUT2D eigenvalue weighted by atomic mass is 9.93. The zero-order valence-electron chi connectivity index (χ0n) is 21.9. The Morgan fingerprint density at radius 2 is 1.67 bits per heavy atom. The van der Waals surface area contributed by atoms with Gasteiger partial charge in [-0.15, -0.1) is 0 Å². The topological polar surface area (TPSA) is 194 Å². The normalized spacial score (nSPS) is 13.9. The van der Waals surface area contributed by atoms with Gasteiger partial charge in [-0.3, -0.25) is 33.7 Å². The van der Waals surface area contributed by atoms with Crippen molar-refractivity contribution in [3.05, 3.63) is 42.0 Å². The summed E-state index contributed by atoms with van der Waals surface area (Å²) in [6.45, 7) is 2.98. The fourth-order valence-corrected chi connectivity index (χ4v) is 3.68. The Kier molecular flexibility index (Phi) is 11.8. The number of imide groups is 1. The molecular weight excluding hydrogens is 510 g/mol. The molecule has 2 rings (SSSR count). The first-order valence-electron chi connectivity index (χ1n) is 12.4. The Bertz CT molecular complexity index is 1110. The highest BCUT2D eigenvalue weighted by Gasteiger charge is 2.27. The number of carbonyl (C=O) groups excluding carboxylic acids is 7. The van der Waals surface area contributed by atoms with Gasteiger partial charge in [0.15, 0.2) is 5.78 Å². The number of nitrogens with two attached hydrogens (primary N) is 1. The second-order valence-electron chi connectivity index (χ2n) is 8.97. The molecule has 210 valence electrons. The van der Waals surface area contributed by atoms with E-state index in [2.05, 4.69) is 16.0 Å². The summed E-state index contributed by atoms with van der Waals surface area (Å²) in [5, 5.41) is 7.73. The Labute approximate surface area is 225 Å². The largest absolute Gasteiger partial charge is 0.461 e. The molecule has 0 radical (unpaired) electrons. The number of amides is 6. The van der Waals surface area contributed by atoms with Crippen LogP contribution in [0.3, 0.4) is 0 Å². The predicted octanol–water partition coefficient (Wildman–Crippen LogP) is 0.532. The van der Waals surface area contributed by atoms with Crippen molar-refractivity contribution in [2.24, 2.45) is 11.7 Å². The molecule has 2 atom stereocenters. The van der Waals surface area contributed by atoms with E-state index in [1.165, 1.54) is 13.8 Å². The molecule has 0 aliphatic carbocycles. The lowest BCUT2D eigenvalue weighted by Gasteiger charge is -2.20. The molecule has 1 aliphatic heterocycles. The molecule has 1 heterocycles. The molecule has 0 saturated heterocycles. The molecule has 1 aliphatic rings. The molecule has 0 spiro atoms. The van der Waals surface area contributed by atoms with Gasteiger partial charge in [0.2, 0.25) is 11.8 Å². The molecule has 0 fully saturated rings. The Balaban J connectivity index is 1.94. The molecule has 0 bridgehead atoms. The van der Waals surface area contributed by atoms with Crippen LogP contribution in [0.4, 0.5) is 10.5 Å². The monoisotopic (exact) mass is 543 g/mol. The number of esters is 1. The highest BCUT2D eigenvalue weighted by Crippen LogP contribution is 2.18. The van der Waals surface area contributed by atoms with Gasteiger partial charge in [0.25, 0.3) is 11.8 Å². The van der Waals surface area contributed by atoms with Crippen LogP contribution in [0.15, 0.2) is 36.4 Å². The number of Topliss-reactive ketones (excluding diaryl/α,β-unsaturated/α-hetero) is 1. The smallest absolute Gasteiger partial charge is 0.312 e. The minimum Gasteiger partial charge on any atom is -0.461 e. The van der Waals surface area contributed by atoms with E-state index in [1.807, 2.05) is 0 Å². The zero-order chi connectivity index (χ0) is 28.9. The summed E-state index contributed by atoms with van der Waals surface area (Å²) < 4.78 is 4.94. The van der Waals surface area contributed by atoms with Gasteiger partial charge < -0.3 is 26.4 Å². The third kappa shape index (κ3) is 10.8.